The average molecular weight is 209 g/mol. The van der Waals surface area contributed by atoms with Gasteiger partial charge < -0.3 is 10.1 Å². The van der Waals surface area contributed by atoms with E-state index < -0.39 is 0 Å². The predicted octanol–water partition coefficient (Wildman–Crippen LogP) is 1.97. The van der Waals surface area contributed by atoms with Gasteiger partial charge in [0.25, 0.3) is 0 Å². The summed E-state index contributed by atoms with van der Waals surface area (Å²) in [6, 6.07) is 7.88. The number of nitrogens with one attached hydrogen (secondary N) is 1. The van der Waals surface area contributed by atoms with E-state index in [1.165, 1.54) is 0 Å². The maximum absolute atomic E-state index is 12.8. The zero-order valence-electron chi connectivity index (χ0n) is 8.87. The Kier molecular flexibility index (Phi) is 3.21. The van der Waals surface area contributed by atoms with Gasteiger partial charge in [0.05, 0.1) is 13.8 Å². The highest BCUT2D eigenvalue weighted by Crippen LogP contribution is 2.34. The summed E-state index contributed by atoms with van der Waals surface area (Å²) in [5.41, 5.74) is 1.12. The smallest absolute Gasteiger partial charge is 0.122 e. The lowest BCUT2D eigenvalue weighted by Crippen LogP contribution is -2.13. The molecule has 0 amide bonds. The van der Waals surface area contributed by atoms with Gasteiger partial charge in [0, 0.05) is 24.9 Å². The normalized spacial score (nSPS) is 25.5. The highest BCUT2D eigenvalue weighted by molar-refractivity contribution is 5.37. The van der Waals surface area contributed by atoms with Gasteiger partial charge in [-0.05, 0) is 11.6 Å². The van der Waals surface area contributed by atoms with Gasteiger partial charge in [-0.3, -0.25) is 4.39 Å². The SMILES string of the molecule is COc1ccccc1[C@@H]1CNC[C@H]1CF. The van der Waals surface area contributed by atoms with Crippen molar-refractivity contribution in [2.75, 3.05) is 26.9 Å². The van der Waals surface area contributed by atoms with E-state index in [9.17, 15) is 4.39 Å². The molecule has 2 nitrogen and oxygen atoms in total. The molecule has 1 heterocycles. The molecule has 1 N–H and O–H groups in total. The first-order valence-corrected chi connectivity index (χ1v) is 5.26. The van der Waals surface area contributed by atoms with Crippen LogP contribution in [0.4, 0.5) is 4.39 Å². The number of benzene rings is 1. The molecule has 0 aliphatic carbocycles. The highest BCUT2D eigenvalue weighted by Gasteiger charge is 2.30. The summed E-state index contributed by atoms with van der Waals surface area (Å²) in [6.07, 6.45) is 0. The third-order valence-corrected chi connectivity index (χ3v) is 3.08. The average Bonchev–Trinajstić information content (AvgIpc) is 2.76. The molecule has 3 heteroatoms. The lowest BCUT2D eigenvalue weighted by atomic mass is 9.89. The van der Waals surface area contributed by atoms with E-state index in [-0.39, 0.29) is 18.5 Å². The molecule has 1 aromatic rings. The van der Waals surface area contributed by atoms with Crippen molar-refractivity contribution < 1.29 is 9.13 Å². The number of rotatable bonds is 3. The second-order valence-electron chi connectivity index (χ2n) is 3.92. The maximum Gasteiger partial charge on any atom is 0.122 e. The fourth-order valence-corrected chi connectivity index (χ4v) is 2.23. The van der Waals surface area contributed by atoms with Crippen LogP contribution in [0.15, 0.2) is 24.3 Å². The van der Waals surface area contributed by atoms with Gasteiger partial charge in [-0.15, -0.1) is 0 Å². The lowest BCUT2D eigenvalue weighted by Gasteiger charge is -2.18. The minimum absolute atomic E-state index is 0.0845. The molecular weight excluding hydrogens is 193 g/mol. The molecule has 82 valence electrons. The van der Waals surface area contributed by atoms with Crippen molar-refractivity contribution in [1.29, 1.82) is 0 Å². The molecule has 2 atom stereocenters. The van der Waals surface area contributed by atoms with Crippen LogP contribution in [0.25, 0.3) is 0 Å². The van der Waals surface area contributed by atoms with Crippen LogP contribution in [-0.4, -0.2) is 26.9 Å². The highest BCUT2D eigenvalue weighted by atomic mass is 19.1. The Balaban J connectivity index is 2.27. The second-order valence-corrected chi connectivity index (χ2v) is 3.92. The first-order chi connectivity index (χ1) is 7.36. The zero-order valence-corrected chi connectivity index (χ0v) is 8.87. The molecule has 1 fully saturated rings. The molecule has 1 saturated heterocycles. The maximum atomic E-state index is 12.8. The van der Waals surface area contributed by atoms with Crippen LogP contribution in [0.2, 0.25) is 0 Å². The summed E-state index contributed by atoms with van der Waals surface area (Å²) in [5.74, 6) is 1.19. The van der Waals surface area contributed by atoms with Crippen LogP contribution >= 0.6 is 0 Å². The van der Waals surface area contributed by atoms with Gasteiger partial charge in [0.2, 0.25) is 0 Å². The molecular formula is C12H16FNO. The van der Waals surface area contributed by atoms with E-state index in [1.54, 1.807) is 7.11 Å². The van der Waals surface area contributed by atoms with E-state index in [2.05, 4.69) is 5.32 Å². The fourth-order valence-electron chi connectivity index (χ4n) is 2.23. The summed E-state index contributed by atoms with van der Waals surface area (Å²) in [6.45, 7) is 1.34. The molecule has 0 radical (unpaired) electrons. The minimum atomic E-state index is -0.268. The molecule has 0 saturated carbocycles. The van der Waals surface area contributed by atoms with E-state index in [0.29, 0.717) is 0 Å². The van der Waals surface area contributed by atoms with E-state index in [4.69, 9.17) is 4.74 Å². The molecule has 1 aliphatic rings. The van der Waals surface area contributed by atoms with Crippen LogP contribution < -0.4 is 10.1 Å². The van der Waals surface area contributed by atoms with Crippen molar-refractivity contribution in [3.63, 3.8) is 0 Å². The molecule has 0 unspecified atom stereocenters. The minimum Gasteiger partial charge on any atom is -0.496 e. The van der Waals surface area contributed by atoms with E-state index in [0.717, 1.165) is 24.4 Å². The monoisotopic (exact) mass is 209 g/mol. The Morgan fingerprint density at radius 3 is 2.93 bits per heavy atom. The van der Waals surface area contributed by atoms with Crippen molar-refractivity contribution in [3.05, 3.63) is 29.8 Å². The zero-order chi connectivity index (χ0) is 10.7. The summed E-state index contributed by atoms with van der Waals surface area (Å²) in [5, 5.41) is 3.23. The third kappa shape index (κ3) is 1.97. The van der Waals surface area contributed by atoms with Gasteiger partial charge in [-0.1, -0.05) is 18.2 Å². The number of para-hydroxylation sites is 1. The first-order valence-electron chi connectivity index (χ1n) is 5.26. The topological polar surface area (TPSA) is 21.3 Å². The van der Waals surface area contributed by atoms with Crippen molar-refractivity contribution >= 4 is 0 Å². The number of ether oxygens (including phenoxy) is 1. The Morgan fingerprint density at radius 1 is 1.40 bits per heavy atom. The van der Waals surface area contributed by atoms with Crippen molar-refractivity contribution in [2.24, 2.45) is 5.92 Å². The number of halogens is 1. The first kappa shape index (κ1) is 10.4. The Bertz CT molecular complexity index is 329. The Morgan fingerprint density at radius 2 is 2.20 bits per heavy atom. The van der Waals surface area contributed by atoms with Crippen LogP contribution in [0.1, 0.15) is 11.5 Å². The van der Waals surface area contributed by atoms with Crippen molar-refractivity contribution in [3.8, 4) is 5.75 Å². The molecule has 15 heavy (non-hydrogen) atoms. The Labute approximate surface area is 89.4 Å². The standard InChI is InChI=1S/C12H16FNO/c1-15-12-5-3-2-4-10(12)11-8-14-7-9(11)6-13/h2-5,9,11,14H,6-8H2,1H3/t9-,11-/m1/s1. The summed E-state index contributed by atoms with van der Waals surface area (Å²) < 4.78 is 18.1. The molecule has 1 aliphatic heterocycles. The number of alkyl halides is 1. The molecule has 0 aromatic heterocycles. The van der Waals surface area contributed by atoms with Crippen LogP contribution in [0, 0.1) is 5.92 Å². The van der Waals surface area contributed by atoms with Gasteiger partial charge in [0.15, 0.2) is 0 Å². The van der Waals surface area contributed by atoms with Crippen LogP contribution in [0.3, 0.4) is 0 Å². The predicted molar refractivity (Wildman–Crippen MR) is 58.1 cm³/mol. The number of methoxy groups -OCH3 is 1. The van der Waals surface area contributed by atoms with E-state index in [1.807, 2.05) is 24.3 Å². The summed E-state index contributed by atoms with van der Waals surface area (Å²) >= 11 is 0. The largest absolute Gasteiger partial charge is 0.496 e. The van der Waals surface area contributed by atoms with Gasteiger partial charge in [-0.25, -0.2) is 0 Å². The third-order valence-electron chi connectivity index (χ3n) is 3.08. The fraction of sp³-hybridized carbons (Fsp3) is 0.500. The van der Waals surface area contributed by atoms with Gasteiger partial charge >= 0.3 is 0 Å². The molecule has 0 bridgehead atoms. The van der Waals surface area contributed by atoms with Gasteiger partial charge in [0.1, 0.15) is 5.75 Å². The number of hydrogen-bond donors (Lipinski definition) is 1. The van der Waals surface area contributed by atoms with Crippen molar-refractivity contribution in [1.82, 2.24) is 5.32 Å². The summed E-state index contributed by atoms with van der Waals surface area (Å²) in [4.78, 5) is 0. The summed E-state index contributed by atoms with van der Waals surface area (Å²) in [7, 11) is 1.66. The van der Waals surface area contributed by atoms with Crippen LogP contribution in [0.5, 0.6) is 5.75 Å². The second kappa shape index (κ2) is 4.62. The molecule has 2 rings (SSSR count). The lowest BCUT2D eigenvalue weighted by molar-refractivity contribution is 0.348. The van der Waals surface area contributed by atoms with Crippen LogP contribution in [-0.2, 0) is 0 Å². The van der Waals surface area contributed by atoms with Gasteiger partial charge in [-0.2, -0.15) is 0 Å². The molecule has 0 spiro atoms. The molecule has 1 aromatic carbocycles. The quantitative estimate of drug-likeness (QED) is 0.821. The number of hydrogen-bond acceptors (Lipinski definition) is 2. The van der Waals surface area contributed by atoms with E-state index >= 15 is 0 Å². The van der Waals surface area contributed by atoms with Crippen molar-refractivity contribution in [2.45, 2.75) is 5.92 Å². The Hall–Kier alpha value is -1.09.